The van der Waals surface area contributed by atoms with Gasteiger partial charge in [-0.3, -0.25) is 4.99 Å². The van der Waals surface area contributed by atoms with Gasteiger partial charge in [0.25, 0.3) is 0 Å². The lowest BCUT2D eigenvalue weighted by Gasteiger charge is -2.12. The highest BCUT2D eigenvalue weighted by atomic mass is 127. The molecule has 0 aliphatic heterocycles. The van der Waals surface area contributed by atoms with E-state index < -0.39 is 0 Å². The number of nitrogens with zero attached hydrogens (tertiary/aromatic N) is 5. The molecule has 1 aromatic carbocycles. The van der Waals surface area contributed by atoms with E-state index in [1.807, 2.05) is 48.1 Å². The molecule has 0 aliphatic rings. The first-order chi connectivity index (χ1) is 12.7. The maximum absolute atomic E-state index is 4.56. The van der Waals surface area contributed by atoms with Gasteiger partial charge in [-0.25, -0.2) is 9.67 Å². The molecule has 0 spiro atoms. The standard InChI is InChI=1S/C18H23N7S.HI/c1-19-17(21-12-15-13-26-18(23-15)24(2)3)20-11-14-6-4-7-16(10-14)25-9-5-8-22-25;/h4-10,13H,11-12H2,1-3H3,(H2,19,20,21);1H. The minimum Gasteiger partial charge on any atom is -0.354 e. The zero-order valence-electron chi connectivity index (χ0n) is 15.6. The highest BCUT2D eigenvalue weighted by Gasteiger charge is 2.05. The van der Waals surface area contributed by atoms with E-state index in [1.54, 1.807) is 24.6 Å². The van der Waals surface area contributed by atoms with Crippen molar-refractivity contribution < 1.29 is 0 Å². The zero-order valence-corrected chi connectivity index (χ0v) is 18.7. The Kier molecular flexibility index (Phi) is 8.04. The maximum Gasteiger partial charge on any atom is 0.191 e. The molecule has 0 amide bonds. The first-order valence-corrected chi connectivity index (χ1v) is 9.19. The van der Waals surface area contributed by atoms with E-state index in [0.717, 1.165) is 28.0 Å². The summed E-state index contributed by atoms with van der Waals surface area (Å²) in [7, 11) is 5.75. The van der Waals surface area contributed by atoms with E-state index in [4.69, 9.17) is 0 Å². The molecule has 0 aliphatic carbocycles. The number of hydrogen-bond donors (Lipinski definition) is 2. The largest absolute Gasteiger partial charge is 0.354 e. The molecule has 0 bridgehead atoms. The van der Waals surface area contributed by atoms with Crippen molar-refractivity contribution in [3.8, 4) is 5.69 Å². The summed E-state index contributed by atoms with van der Waals surface area (Å²) < 4.78 is 1.85. The second-order valence-corrected chi connectivity index (χ2v) is 6.75. The van der Waals surface area contributed by atoms with Crippen molar-refractivity contribution in [2.75, 3.05) is 26.0 Å². The van der Waals surface area contributed by atoms with Crippen molar-refractivity contribution >= 4 is 46.4 Å². The Morgan fingerprint density at radius 3 is 2.70 bits per heavy atom. The second-order valence-electron chi connectivity index (χ2n) is 5.92. The predicted molar refractivity (Wildman–Crippen MR) is 122 cm³/mol. The Hall–Kier alpha value is -2.14. The van der Waals surface area contributed by atoms with E-state index in [9.17, 15) is 0 Å². The summed E-state index contributed by atoms with van der Waals surface area (Å²) in [6.07, 6.45) is 3.71. The lowest BCUT2D eigenvalue weighted by atomic mass is 10.2. The van der Waals surface area contributed by atoms with Crippen LogP contribution in [0.2, 0.25) is 0 Å². The van der Waals surface area contributed by atoms with Gasteiger partial charge >= 0.3 is 0 Å². The normalized spacial score (nSPS) is 11.0. The van der Waals surface area contributed by atoms with Crippen LogP contribution in [0, 0.1) is 0 Å². The molecular formula is C18H24IN7S. The van der Waals surface area contributed by atoms with Crippen LogP contribution in [0.1, 0.15) is 11.3 Å². The van der Waals surface area contributed by atoms with Gasteiger partial charge in [0.1, 0.15) is 0 Å². The number of halogens is 1. The molecule has 2 heterocycles. The number of guanidine groups is 1. The van der Waals surface area contributed by atoms with Gasteiger partial charge in [0.15, 0.2) is 11.1 Å². The molecule has 0 unspecified atom stereocenters. The molecule has 2 N–H and O–H groups in total. The average Bonchev–Trinajstić information content (AvgIpc) is 3.34. The van der Waals surface area contributed by atoms with E-state index in [-0.39, 0.29) is 24.0 Å². The molecule has 27 heavy (non-hydrogen) atoms. The maximum atomic E-state index is 4.56. The van der Waals surface area contributed by atoms with Crippen molar-refractivity contribution in [1.29, 1.82) is 0 Å². The fourth-order valence-electron chi connectivity index (χ4n) is 2.39. The Bertz CT molecular complexity index is 858. The van der Waals surface area contributed by atoms with Crippen LogP contribution in [-0.4, -0.2) is 41.9 Å². The number of rotatable bonds is 6. The Balaban J connectivity index is 0.00000261. The van der Waals surface area contributed by atoms with Gasteiger partial charge in [0.05, 0.1) is 17.9 Å². The van der Waals surface area contributed by atoms with Gasteiger partial charge < -0.3 is 15.5 Å². The third-order valence-electron chi connectivity index (χ3n) is 3.72. The molecule has 9 heteroatoms. The topological polar surface area (TPSA) is 70.4 Å². The summed E-state index contributed by atoms with van der Waals surface area (Å²) in [6, 6.07) is 10.2. The average molecular weight is 497 g/mol. The molecule has 3 rings (SSSR count). The SMILES string of the molecule is CN=C(NCc1cccc(-n2cccn2)c1)NCc1csc(N(C)C)n1.I. The van der Waals surface area contributed by atoms with Crippen molar-refractivity contribution in [3.05, 3.63) is 59.4 Å². The van der Waals surface area contributed by atoms with Crippen LogP contribution in [0.5, 0.6) is 0 Å². The van der Waals surface area contributed by atoms with E-state index in [0.29, 0.717) is 13.1 Å². The highest BCUT2D eigenvalue weighted by Crippen LogP contribution is 2.17. The lowest BCUT2D eigenvalue weighted by Crippen LogP contribution is -2.36. The van der Waals surface area contributed by atoms with Gasteiger partial charge in [-0.2, -0.15) is 5.10 Å². The third kappa shape index (κ3) is 5.93. The van der Waals surface area contributed by atoms with Gasteiger partial charge in [-0.1, -0.05) is 12.1 Å². The summed E-state index contributed by atoms with van der Waals surface area (Å²) in [4.78, 5) is 10.8. The molecule has 0 saturated heterocycles. The number of benzene rings is 1. The van der Waals surface area contributed by atoms with Crippen molar-refractivity contribution in [1.82, 2.24) is 25.4 Å². The van der Waals surface area contributed by atoms with Crippen LogP contribution in [0.4, 0.5) is 5.13 Å². The number of hydrogen-bond acceptors (Lipinski definition) is 5. The van der Waals surface area contributed by atoms with E-state index >= 15 is 0 Å². The first-order valence-electron chi connectivity index (χ1n) is 8.31. The number of aliphatic imine (C=N–C) groups is 1. The quantitative estimate of drug-likeness (QED) is 0.312. The van der Waals surface area contributed by atoms with Gasteiger partial charge in [0, 0.05) is 45.5 Å². The monoisotopic (exact) mass is 497 g/mol. The minimum atomic E-state index is 0. The molecule has 3 aromatic rings. The molecule has 0 saturated carbocycles. The molecular weight excluding hydrogens is 473 g/mol. The molecule has 0 atom stereocenters. The van der Waals surface area contributed by atoms with Gasteiger partial charge in [-0.05, 0) is 23.8 Å². The van der Waals surface area contributed by atoms with Crippen LogP contribution < -0.4 is 15.5 Å². The fourth-order valence-corrected chi connectivity index (χ4v) is 3.15. The fraction of sp³-hybridized carbons (Fsp3) is 0.278. The Morgan fingerprint density at radius 1 is 1.22 bits per heavy atom. The van der Waals surface area contributed by atoms with Crippen LogP contribution >= 0.6 is 35.3 Å². The number of aromatic nitrogens is 3. The zero-order chi connectivity index (χ0) is 18.4. The van der Waals surface area contributed by atoms with Crippen LogP contribution in [0.25, 0.3) is 5.69 Å². The number of thiazole rings is 1. The van der Waals surface area contributed by atoms with Crippen molar-refractivity contribution in [2.45, 2.75) is 13.1 Å². The predicted octanol–water partition coefficient (Wildman–Crippen LogP) is 2.88. The smallest absolute Gasteiger partial charge is 0.191 e. The molecule has 0 radical (unpaired) electrons. The van der Waals surface area contributed by atoms with Crippen LogP contribution in [0.15, 0.2) is 53.1 Å². The summed E-state index contributed by atoms with van der Waals surface area (Å²) in [5, 5.41) is 14.0. The first kappa shape index (κ1) is 21.2. The molecule has 7 nitrogen and oxygen atoms in total. The Morgan fingerprint density at radius 2 is 2.04 bits per heavy atom. The minimum absolute atomic E-state index is 0. The molecule has 0 fully saturated rings. The summed E-state index contributed by atoms with van der Waals surface area (Å²) in [5.41, 5.74) is 3.20. The highest BCUT2D eigenvalue weighted by molar-refractivity contribution is 14.0. The van der Waals surface area contributed by atoms with Crippen LogP contribution in [0.3, 0.4) is 0 Å². The van der Waals surface area contributed by atoms with Crippen molar-refractivity contribution in [2.24, 2.45) is 4.99 Å². The molecule has 144 valence electrons. The number of nitrogens with one attached hydrogen (secondary N) is 2. The summed E-state index contributed by atoms with van der Waals surface area (Å²) in [6.45, 7) is 1.31. The summed E-state index contributed by atoms with van der Waals surface area (Å²) >= 11 is 1.63. The summed E-state index contributed by atoms with van der Waals surface area (Å²) in [5.74, 6) is 0.744. The van der Waals surface area contributed by atoms with E-state index in [1.165, 1.54) is 0 Å². The van der Waals surface area contributed by atoms with Crippen molar-refractivity contribution in [3.63, 3.8) is 0 Å². The second kappa shape index (κ2) is 10.3. The van der Waals surface area contributed by atoms with E-state index in [2.05, 4.69) is 43.2 Å². The molecule has 2 aromatic heterocycles. The Labute approximate surface area is 180 Å². The van der Waals surface area contributed by atoms with Gasteiger partial charge in [-0.15, -0.1) is 35.3 Å². The van der Waals surface area contributed by atoms with Crippen LogP contribution in [-0.2, 0) is 13.1 Å². The van der Waals surface area contributed by atoms with Gasteiger partial charge in [0.2, 0.25) is 0 Å². The number of anilines is 1. The third-order valence-corrected chi connectivity index (χ3v) is 4.78. The lowest BCUT2D eigenvalue weighted by molar-refractivity contribution is 0.795.